The van der Waals surface area contributed by atoms with E-state index in [0.717, 1.165) is 5.56 Å². The lowest BCUT2D eigenvalue weighted by molar-refractivity contribution is 0.271. The van der Waals surface area contributed by atoms with Crippen LogP contribution >= 0.6 is 0 Å². The molecule has 7 nitrogen and oxygen atoms in total. The van der Waals surface area contributed by atoms with Crippen LogP contribution in [0, 0.1) is 6.92 Å². The first-order chi connectivity index (χ1) is 15.0. The quantitative estimate of drug-likeness (QED) is 0.537. The molecule has 0 fully saturated rings. The summed E-state index contributed by atoms with van der Waals surface area (Å²) in [4.78, 5) is -0.0566. The Morgan fingerprint density at radius 3 is 2.66 bits per heavy atom. The maximum Gasteiger partial charge on any atom is 0.241 e. The van der Waals surface area contributed by atoms with E-state index in [4.69, 9.17) is 23.5 Å². The highest BCUT2D eigenvalue weighted by atomic mass is 32.2. The van der Waals surface area contributed by atoms with E-state index in [1.54, 1.807) is 26.0 Å². The molecule has 29 heavy (non-hydrogen) atoms. The van der Waals surface area contributed by atoms with Crippen molar-refractivity contribution in [2.24, 2.45) is 5.14 Å². The van der Waals surface area contributed by atoms with Gasteiger partial charge in [0.25, 0.3) is 0 Å². The van der Waals surface area contributed by atoms with E-state index < -0.39 is 10.0 Å². The van der Waals surface area contributed by atoms with Crippen LogP contribution in [0.5, 0.6) is 17.2 Å². The van der Waals surface area contributed by atoms with E-state index in [1.807, 2.05) is 6.92 Å². The second-order valence-electron chi connectivity index (χ2n) is 6.53. The van der Waals surface area contributed by atoms with Crippen LogP contribution in [0.4, 0.5) is 0 Å². The maximum atomic E-state index is 11.8. The molecule has 160 valence electrons. The second-order valence-corrected chi connectivity index (χ2v) is 8.06. The van der Waals surface area contributed by atoms with Crippen LogP contribution in [-0.4, -0.2) is 41.3 Å². The van der Waals surface area contributed by atoms with Crippen molar-refractivity contribution >= 4 is 10.0 Å². The lowest BCUT2D eigenvalue weighted by atomic mass is 10.1. The van der Waals surface area contributed by atoms with Crippen molar-refractivity contribution in [3.05, 3.63) is 47.5 Å². The first-order valence-corrected chi connectivity index (χ1v) is 10.8. The predicted octanol–water partition coefficient (Wildman–Crippen LogP) is 2.65. The van der Waals surface area contributed by atoms with Gasteiger partial charge in [-0.25, -0.2) is 13.6 Å². The first-order valence-electron chi connectivity index (χ1n) is 10.8. The van der Waals surface area contributed by atoms with Crippen LogP contribution in [0.3, 0.4) is 0 Å². The summed E-state index contributed by atoms with van der Waals surface area (Å²) in [5, 5.41) is 8.55. The summed E-state index contributed by atoms with van der Waals surface area (Å²) in [6.07, 6.45) is 0.546. The van der Waals surface area contributed by atoms with Gasteiger partial charge < -0.3 is 19.5 Å². The Balaban J connectivity index is 2.01. The van der Waals surface area contributed by atoms with Gasteiger partial charge in [0.05, 0.1) is 17.8 Å². The second kappa shape index (κ2) is 10.5. The van der Waals surface area contributed by atoms with E-state index >= 15 is 0 Å². The van der Waals surface area contributed by atoms with Gasteiger partial charge in [-0.05, 0) is 56.5 Å². The molecule has 2 aromatic rings. The van der Waals surface area contributed by atoms with Crippen LogP contribution in [0.15, 0.2) is 41.2 Å². The average molecular weight is 426 g/mol. The third-order valence-electron chi connectivity index (χ3n) is 4.18. The van der Waals surface area contributed by atoms with Gasteiger partial charge >= 0.3 is 0 Å². The molecular formula is C21H30N2O5S. The number of hydrogen-bond donors (Lipinski definition) is 2. The Morgan fingerprint density at radius 1 is 1.24 bits per heavy atom. The van der Waals surface area contributed by atoms with Crippen LogP contribution in [0.25, 0.3) is 0 Å². The number of para-hydroxylation sites is 1. The van der Waals surface area contributed by atoms with Crippen LogP contribution < -0.4 is 24.7 Å². The van der Waals surface area contributed by atoms with Crippen LogP contribution in [-0.2, 0) is 16.4 Å². The van der Waals surface area contributed by atoms with Crippen molar-refractivity contribution in [2.45, 2.75) is 38.1 Å². The number of nitrogens with two attached hydrogens (primary N) is 1. The fraction of sp³-hybridized carbons (Fsp3) is 0.429. The Labute approximate surface area is 177 Å². The van der Waals surface area contributed by atoms with Gasteiger partial charge in [-0.3, -0.25) is 0 Å². The average Bonchev–Trinajstić information content (AvgIpc) is 2.74. The standard InChI is InChI=1S/C21H30N2O5S/c1-5-27-21-15(2)7-6-8-19(21)28-12-11-23-16(3)13-17-9-10-18(26-4)20(14-17)29(22,24)25/h6-10,14,16,23H,5,11-13H2,1-4H3,(H2,22,24,25)/t16-/m1/s1/i6D,7D,8D. The number of sulfonamides is 1. The summed E-state index contributed by atoms with van der Waals surface area (Å²) >= 11 is 0. The highest BCUT2D eigenvalue weighted by Crippen LogP contribution is 2.30. The van der Waals surface area contributed by atoms with E-state index in [1.165, 1.54) is 13.2 Å². The summed E-state index contributed by atoms with van der Waals surface area (Å²) in [5.41, 5.74) is 1.25. The largest absolute Gasteiger partial charge is 0.495 e. The summed E-state index contributed by atoms with van der Waals surface area (Å²) in [5.74, 6) is 0.678. The molecule has 3 N–H and O–H groups in total. The lowest BCUT2D eigenvalue weighted by Gasteiger charge is -2.17. The van der Waals surface area contributed by atoms with Crippen molar-refractivity contribution in [2.75, 3.05) is 26.9 Å². The number of nitrogens with one attached hydrogen (secondary N) is 1. The molecule has 0 heterocycles. The Kier molecular flexibility index (Phi) is 6.76. The molecule has 0 radical (unpaired) electrons. The van der Waals surface area contributed by atoms with Crippen molar-refractivity contribution < 1.29 is 26.7 Å². The number of methoxy groups -OCH3 is 1. The molecule has 0 amide bonds. The van der Waals surface area contributed by atoms with Crippen molar-refractivity contribution in [3.63, 3.8) is 0 Å². The Hall–Kier alpha value is -2.29. The zero-order chi connectivity index (χ0) is 24.1. The molecule has 0 aliphatic heterocycles. The SMILES string of the molecule is [2H]c1c([2H])c(C)c(OCC)c(OCCN[C@H](C)Cc2ccc(OC)c(S(N)(=O)=O)c2)c1[2H]. The summed E-state index contributed by atoms with van der Waals surface area (Å²) in [7, 11) is -2.52. The summed E-state index contributed by atoms with van der Waals surface area (Å²) < 4.78 is 63.9. The minimum absolute atomic E-state index is 0.00810. The summed E-state index contributed by atoms with van der Waals surface area (Å²) in [6, 6.07) is 4.43. The van der Waals surface area contributed by atoms with Gasteiger partial charge in [0.1, 0.15) is 17.3 Å². The van der Waals surface area contributed by atoms with Crippen molar-refractivity contribution in [3.8, 4) is 17.2 Å². The van der Waals surface area contributed by atoms with E-state index in [9.17, 15) is 8.42 Å². The third-order valence-corrected chi connectivity index (χ3v) is 5.11. The molecule has 2 aromatic carbocycles. The molecule has 0 aliphatic carbocycles. The number of primary sulfonamides is 1. The molecule has 0 bridgehead atoms. The van der Waals surface area contributed by atoms with Gasteiger partial charge in [-0.15, -0.1) is 0 Å². The Morgan fingerprint density at radius 2 is 2.00 bits per heavy atom. The maximum absolute atomic E-state index is 11.8. The summed E-state index contributed by atoms with van der Waals surface area (Å²) in [6.45, 7) is 6.43. The highest BCUT2D eigenvalue weighted by Gasteiger charge is 2.16. The number of hydrogen-bond acceptors (Lipinski definition) is 6. The number of ether oxygens (including phenoxy) is 3. The van der Waals surface area contributed by atoms with E-state index in [2.05, 4.69) is 5.32 Å². The zero-order valence-electron chi connectivity index (χ0n) is 20.2. The minimum atomic E-state index is -3.90. The van der Waals surface area contributed by atoms with Crippen LogP contribution in [0.2, 0.25) is 0 Å². The lowest BCUT2D eigenvalue weighted by Crippen LogP contribution is -2.32. The third kappa shape index (κ3) is 6.62. The molecule has 0 aromatic heterocycles. The monoisotopic (exact) mass is 425 g/mol. The van der Waals surface area contributed by atoms with Gasteiger partial charge in [0.15, 0.2) is 11.5 Å². The molecule has 0 saturated heterocycles. The fourth-order valence-corrected chi connectivity index (χ4v) is 3.59. The van der Waals surface area contributed by atoms with Gasteiger partial charge in [-0.2, -0.15) is 0 Å². The predicted molar refractivity (Wildman–Crippen MR) is 113 cm³/mol. The number of rotatable bonds is 11. The zero-order valence-corrected chi connectivity index (χ0v) is 18.0. The molecule has 0 spiro atoms. The number of benzene rings is 2. The molecule has 2 rings (SSSR count). The van der Waals surface area contributed by atoms with Gasteiger partial charge in [0, 0.05) is 12.6 Å². The Bertz CT molecular complexity index is 1060. The van der Waals surface area contributed by atoms with Crippen molar-refractivity contribution in [1.82, 2.24) is 5.32 Å². The normalized spacial score (nSPS) is 13.9. The first kappa shape index (κ1) is 18.7. The highest BCUT2D eigenvalue weighted by molar-refractivity contribution is 7.89. The molecule has 8 heteroatoms. The molecule has 0 saturated carbocycles. The van der Waals surface area contributed by atoms with E-state index in [-0.39, 0.29) is 47.2 Å². The fourth-order valence-electron chi connectivity index (χ4n) is 2.84. The molecule has 0 unspecified atom stereocenters. The molecule has 1 atom stereocenters. The van der Waals surface area contributed by atoms with Crippen molar-refractivity contribution in [1.29, 1.82) is 0 Å². The molecule has 0 aliphatic rings. The van der Waals surface area contributed by atoms with Gasteiger partial charge in [0.2, 0.25) is 10.0 Å². The molecular weight excluding hydrogens is 392 g/mol. The minimum Gasteiger partial charge on any atom is -0.495 e. The van der Waals surface area contributed by atoms with Crippen LogP contribution in [0.1, 0.15) is 29.1 Å². The van der Waals surface area contributed by atoms with Gasteiger partial charge in [-0.1, -0.05) is 18.2 Å². The topological polar surface area (TPSA) is 99.9 Å². The van der Waals surface area contributed by atoms with E-state index in [0.29, 0.717) is 30.9 Å². The smallest absolute Gasteiger partial charge is 0.241 e.